The van der Waals surface area contributed by atoms with Crippen molar-refractivity contribution in [2.45, 2.75) is 19.9 Å². The number of benzene rings is 1. The van der Waals surface area contributed by atoms with Gasteiger partial charge in [0.05, 0.1) is 5.75 Å². The van der Waals surface area contributed by atoms with E-state index in [1.165, 1.54) is 6.26 Å². The molecule has 1 aromatic carbocycles. The number of nitrogens with two attached hydrogens (primary N) is 1. The molecule has 0 aliphatic carbocycles. The third kappa shape index (κ3) is 3.32. The Hall–Kier alpha value is -1.96. The molecule has 8 heteroatoms. The molecule has 108 valence electrons. The van der Waals surface area contributed by atoms with Crippen LogP contribution in [0.3, 0.4) is 0 Å². The van der Waals surface area contributed by atoms with Gasteiger partial charge in [0, 0.05) is 24.1 Å². The van der Waals surface area contributed by atoms with Crippen LogP contribution in [-0.4, -0.2) is 40.6 Å². The summed E-state index contributed by atoms with van der Waals surface area (Å²) in [6, 6.07) is 5.55. The second-order valence-electron chi connectivity index (χ2n) is 4.73. The van der Waals surface area contributed by atoms with E-state index in [-0.39, 0.29) is 5.75 Å². The normalized spacial score (nSPS) is 11.7. The zero-order valence-corrected chi connectivity index (χ0v) is 12.3. The van der Waals surface area contributed by atoms with Gasteiger partial charge in [0.25, 0.3) is 0 Å². The van der Waals surface area contributed by atoms with Crippen molar-refractivity contribution in [3.8, 4) is 11.4 Å². The number of anilines is 1. The summed E-state index contributed by atoms with van der Waals surface area (Å²) in [4.78, 5) is 0. The number of aromatic nitrogens is 4. The van der Waals surface area contributed by atoms with E-state index in [0.29, 0.717) is 24.5 Å². The largest absolute Gasteiger partial charge is 0.398 e. The lowest BCUT2D eigenvalue weighted by Crippen LogP contribution is -2.10. The van der Waals surface area contributed by atoms with E-state index in [4.69, 9.17) is 5.73 Å². The van der Waals surface area contributed by atoms with Crippen molar-refractivity contribution in [1.29, 1.82) is 0 Å². The van der Waals surface area contributed by atoms with Crippen LogP contribution in [0.2, 0.25) is 0 Å². The van der Waals surface area contributed by atoms with Gasteiger partial charge >= 0.3 is 0 Å². The van der Waals surface area contributed by atoms with Gasteiger partial charge in [-0.2, -0.15) is 0 Å². The topological polar surface area (TPSA) is 104 Å². The Bertz CT molecular complexity index is 708. The Morgan fingerprint density at radius 2 is 2.10 bits per heavy atom. The highest BCUT2D eigenvalue weighted by Gasteiger charge is 2.13. The summed E-state index contributed by atoms with van der Waals surface area (Å²) in [7, 11) is -2.97. The zero-order valence-electron chi connectivity index (χ0n) is 11.4. The molecule has 1 aromatic heterocycles. The Morgan fingerprint density at radius 3 is 2.80 bits per heavy atom. The summed E-state index contributed by atoms with van der Waals surface area (Å²) < 4.78 is 23.9. The van der Waals surface area contributed by atoms with Gasteiger partial charge in [-0.1, -0.05) is 12.1 Å². The molecule has 0 atom stereocenters. The first-order valence-electron chi connectivity index (χ1n) is 6.18. The van der Waals surface area contributed by atoms with Gasteiger partial charge in [-0.3, -0.25) is 0 Å². The highest BCUT2D eigenvalue weighted by Crippen LogP contribution is 2.24. The summed E-state index contributed by atoms with van der Waals surface area (Å²) >= 11 is 0. The molecule has 2 rings (SSSR count). The fourth-order valence-electron chi connectivity index (χ4n) is 1.92. The number of tetrazole rings is 1. The van der Waals surface area contributed by atoms with Crippen molar-refractivity contribution < 1.29 is 8.42 Å². The molecule has 0 fully saturated rings. The molecule has 0 aliphatic heterocycles. The maximum Gasteiger partial charge on any atom is 0.182 e. The fraction of sp³-hybridized carbons (Fsp3) is 0.417. The first-order chi connectivity index (χ1) is 9.38. The van der Waals surface area contributed by atoms with E-state index in [2.05, 4.69) is 15.5 Å². The third-order valence-electron chi connectivity index (χ3n) is 3.03. The second-order valence-corrected chi connectivity index (χ2v) is 6.99. The summed E-state index contributed by atoms with van der Waals surface area (Å²) in [5, 5.41) is 11.6. The second kappa shape index (κ2) is 5.58. The number of aryl methyl sites for hydroxylation is 1. The van der Waals surface area contributed by atoms with Crippen molar-refractivity contribution in [2.75, 3.05) is 17.7 Å². The Balaban J connectivity index is 2.22. The average molecular weight is 295 g/mol. The maximum absolute atomic E-state index is 11.1. The smallest absolute Gasteiger partial charge is 0.182 e. The first-order valence-corrected chi connectivity index (χ1v) is 8.24. The van der Waals surface area contributed by atoms with E-state index < -0.39 is 9.84 Å². The van der Waals surface area contributed by atoms with Crippen LogP contribution >= 0.6 is 0 Å². The van der Waals surface area contributed by atoms with Crippen molar-refractivity contribution in [3.05, 3.63) is 23.8 Å². The van der Waals surface area contributed by atoms with Crippen LogP contribution in [0.4, 0.5) is 5.69 Å². The first kappa shape index (κ1) is 14.4. The van der Waals surface area contributed by atoms with E-state index in [1.807, 2.05) is 25.1 Å². The minimum absolute atomic E-state index is 0.113. The predicted molar refractivity (Wildman–Crippen MR) is 76.7 cm³/mol. The van der Waals surface area contributed by atoms with E-state index >= 15 is 0 Å². The van der Waals surface area contributed by atoms with Crippen LogP contribution in [0, 0.1) is 6.92 Å². The number of rotatable bonds is 5. The summed E-state index contributed by atoms with van der Waals surface area (Å²) in [6.07, 6.45) is 1.69. The quantitative estimate of drug-likeness (QED) is 0.813. The van der Waals surface area contributed by atoms with E-state index in [0.717, 1.165) is 11.1 Å². The molecule has 0 radical (unpaired) electrons. The van der Waals surface area contributed by atoms with Crippen molar-refractivity contribution >= 4 is 15.5 Å². The van der Waals surface area contributed by atoms with E-state index in [1.54, 1.807) is 4.68 Å². The van der Waals surface area contributed by atoms with Crippen molar-refractivity contribution in [1.82, 2.24) is 20.2 Å². The van der Waals surface area contributed by atoms with Crippen LogP contribution < -0.4 is 5.73 Å². The highest BCUT2D eigenvalue weighted by molar-refractivity contribution is 7.90. The lowest BCUT2D eigenvalue weighted by Gasteiger charge is -2.08. The molecule has 0 spiro atoms. The van der Waals surface area contributed by atoms with Crippen LogP contribution in [-0.2, 0) is 16.4 Å². The van der Waals surface area contributed by atoms with Crippen LogP contribution in [0.1, 0.15) is 12.0 Å². The predicted octanol–water partition coefficient (Wildman–Crippen LogP) is 0.665. The van der Waals surface area contributed by atoms with Crippen LogP contribution in [0.25, 0.3) is 11.4 Å². The molecule has 0 aliphatic rings. The number of nitrogen functional groups attached to an aromatic ring is 1. The number of nitrogens with zero attached hydrogens (tertiary/aromatic N) is 4. The minimum Gasteiger partial charge on any atom is -0.398 e. The monoisotopic (exact) mass is 295 g/mol. The van der Waals surface area contributed by atoms with Gasteiger partial charge in [-0.25, -0.2) is 13.1 Å². The summed E-state index contributed by atoms with van der Waals surface area (Å²) in [5.41, 5.74) is 8.32. The Morgan fingerprint density at radius 1 is 1.35 bits per heavy atom. The molecule has 2 aromatic rings. The standard InChI is InChI=1S/C12H17N5O2S/c1-9-10(5-3-6-11(9)13)12-14-15-16-17(12)7-4-8-20(2,18)19/h3,5-6H,4,7-8,13H2,1-2H3. The molecule has 0 amide bonds. The molecule has 0 bridgehead atoms. The molecular formula is C12H17N5O2S. The molecule has 0 saturated carbocycles. The minimum atomic E-state index is -2.97. The zero-order chi connectivity index (χ0) is 14.8. The number of hydrogen-bond donors (Lipinski definition) is 1. The van der Waals surface area contributed by atoms with Crippen molar-refractivity contribution in [2.24, 2.45) is 0 Å². The molecule has 7 nitrogen and oxygen atoms in total. The van der Waals surface area contributed by atoms with E-state index in [9.17, 15) is 8.42 Å². The number of sulfone groups is 1. The molecular weight excluding hydrogens is 278 g/mol. The van der Waals surface area contributed by atoms with Crippen molar-refractivity contribution in [3.63, 3.8) is 0 Å². The molecule has 2 N–H and O–H groups in total. The van der Waals surface area contributed by atoms with Gasteiger partial charge in [0.2, 0.25) is 0 Å². The SMILES string of the molecule is Cc1c(N)cccc1-c1nnnn1CCCS(C)(=O)=O. The molecule has 0 unspecified atom stereocenters. The van der Waals surface area contributed by atoms with Gasteiger partial charge < -0.3 is 5.73 Å². The highest BCUT2D eigenvalue weighted by atomic mass is 32.2. The maximum atomic E-state index is 11.1. The summed E-state index contributed by atoms with van der Waals surface area (Å²) in [5.74, 6) is 0.714. The van der Waals surface area contributed by atoms with Crippen LogP contribution in [0.15, 0.2) is 18.2 Å². The third-order valence-corrected chi connectivity index (χ3v) is 4.06. The lowest BCUT2D eigenvalue weighted by atomic mass is 10.1. The molecule has 20 heavy (non-hydrogen) atoms. The Kier molecular flexibility index (Phi) is 4.03. The van der Waals surface area contributed by atoms with Gasteiger partial charge in [0.15, 0.2) is 5.82 Å². The van der Waals surface area contributed by atoms with Gasteiger partial charge in [0.1, 0.15) is 9.84 Å². The fourth-order valence-corrected chi connectivity index (χ4v) is 2.57. The lowest BCUT2D eigenvalue weighted by molar-refractivity contribution is 0.567. The Labute approximate surface area is 117 Å². The number of hydrogen-bond acceptors (Lipinski definition) is 6. The molecule has 1 heterocycles. The van der Waals surface area contributed by atoms with Crippen LogP contribution in [0.5, 0.6) is 0 Å². The van der Waals surface area contributed by atoms with Gasteiger partial charge in [-0.05, 0) is 35.4 Å². The average Bonchev–Trinajstić information content (AvgIpc) is 2.79. The molecule has 0 saturated heterocycles. The van der Waals surface area contributed by atoms with Gasteiger partial charge in [-0.15, -0.1) is 5.10 Å². The summed E-state index contributed by atoms with van der Waals surface area (Å²) in [6.45, 7) is 2.35.